The quantitative estimate of drug-likeness (QED) is 0.518. The van der Waals surface area contributed by atoms with Gasteiger partial charge in [-0.25, -0.2) is 9.59 Å². The number of imide groups is 1. The van der Waals surface area contributed by atoms with Gasteiger partial charge in [-0.15, -0.1) is 0 Å². The number of esters is 1. The van der Waals surface area contributed by atoms with Crippen LogP contribution in [-0.4, -0.2) is 43.5 Å². The van der Waals surface area contributed by atoms with Crippen LogP contribution in [0.4, 0.5) is 4.79 Å². The molecule has 0 saturated heterocycles. The van der Waals surface area contributed by atoms with E-state index in [2.05, 4.69) is 0 Å². The maximum absolute atomic E-state index is 12.0. The summed E-state index contributed by atoms with van der Waals surface area (Å²) in [4.78, 5) is 45.9. The van der Waals surface area contributed by atoms with E-state index >= 15 is 0 Å². The second-order valence-corrected chi connectivity index (χ2v) is 5.72. The van der Waals surface area contributed by atoms with Gasteiger partial charge in [-0.3, -0.25) is 14.9 Å². The van der Waals surface area contributed by atoms with E-state index in [0.29, 0.717) is 5.56 Å². The van der Waals surface area contributed by atoms with Gasteiger partial charge >= 0.3 is 12.0 Å². The van der Waals surface area contributed by atoms with Crippen molar-refractivity contribution in [3.8, 4) is 11.5 Å². The molecule has 0 fully saturated rings. The number of amides is 3. The van der Waals surface area contributed by atoms with Gasteiger partial charge in [-0.05, 0) is 31.0 Å². The van der Waals surface area contributed by atoms with Gasteiger partial charge in [0.1, 0.15) is 0 Å². The molecule has 0 spiro atoms. The Hall–Kier alpha value is -3.10. The number of nitrogens with one attached hydrogen (secondary N) is 1. The third-order valence-corrected chi connectivity index (χ3v) is 3.28. The van der Waals surface area contributed by atoms with Gasteiger partial charge in [-0.2, -0.15) is 0 Å². The van der Waals surface area contributed by atoms with Crippen LogP contribution in [0.5, 0.6) is 11.5 Å². The number of ketones is 1. The Morgan fingerprint density at radius 2 is 1.81 bits per heavy atom. The molecule has 0 aromatic heterocycles. The fourth-order valence-corrected chi connectivity index (χ4v) is 2.00. The number of primary amides is 1. The summed E-state index contributed by atoms with van der Waals surface area (Å²) in [7, 11) is 1.40. The number of benzene rings is 1. The molecule has 1 atom stereocenters. The van der Waals surface area contributed by atoms with E-state index in [-0.39, 0.29) is 23.2 Å². The summed E-state index contributed by atoms with van der Waals surface area (Å²) in [6.45, 7) is 4.20. The van der Waals surface area contributed by atoms with Gasteiger partial charge in [0.2, 0.25) is 0 Å². The number of carbonyl (C=O) groups is 4. The summed E-state index contributed by atoms with van der Waals surface area (Å²) in [6, 6.07) is 3.47. The molecule has 0 bridgehead atoms. The van der Waals surface area contributed by atoms with E-state index in [1.165, 1.54) is 32.2 Å². The number of Topliss-reactive ketones (excluding diaryl/α,β-unsaturated/α-hetero) is 1. The molecule has 0 aliphatic heterocycles. The van der Waals surface area contributed by atoms with E-state index in [1.807, 2.05) is 5.32 Å². The van der Waals surface area contributed by atoms with E-state index in [1.54, 1.807) is 13.8 Å². The lowest BCUT2D eigenvalue weighted by Crippen LogP contribution is -2.46. The summed E-state index contributed by atoms with van der Waals surface area (Å²) in [5.41, 5.74) is 5.32. The molecule has 0 unspecified atom stereocenters. The van der Waals surface area contributed by atoms with Crippen LogP contribution in [0.15, 0.2) is 18.2 Å². The van der Waals surface area contributed by atoms with E-state index in [0.717, 1.165) is 0 Å². The Morgan fingerprint density at radius 1 is 1.15 bits per heavy atom. The molecule has 142 valence electrons. The highest BCUT2D eigenvalue weighted by Gasteiger charge is 2.27. The normalized spacial score (nSPS) is 11.4. The van der Waals surface area contributed by atoms with Crippen LogP contribution in [0, 0.1) is 5.92 Å². The molecule has 3 N–H and O–H groups in total. The zero-order valence-corrected chi connectivity index (χ0v) is 15.0. The minimum Gasteiger partial charge on any atom is -0.493 e. The van der Waals surface area contributed by atoms with Gasteiger partial charge in [0.25, 0.3) is 5.91 Å². The van der Waals surface area contributed by atoms with Crippen LogP contribution >= 0.6 is 0 Å². The van der Waals surface area contributed by atoms with Crippen molar-refractivity contribution in [1.82, 2.24) is 5.32 Å². The van der Waals surface area contributed by atoms with E-state index < -0.39 is 30.6 Å². The standard InChI is InChI=1S/C17H22N2O7/c1-9(2)15(16(22)19-17(18)23)26-14(21)8-25-12-6-5-11(10(3)20)7-13(12)24-4/h5-7,9,15H,8H2,1-4H3,(H3,18,19,22,23)/t15-/m1/s1. The molecule has 3 amide bonds. The van der Waals surface area contributed by atoms with Crippen molar-refractivity contribution < 1.29 is 33.4 Å². The summed E-state index contributed by atoms with van der Waals surface area (Å²) in [5.74, 6) is -1.66. The zero-order chi connectivity index (χ0) is 19.9. The van der Waals surface area contributed by atoms with Crippen molar-refractivity contribution in [2.75, 3.05) is 13.7 Å². The fourth-order valence-electron chi connectivity index (χ4n) is 2.00. The molecule has 0 aliphatic rings. The highest BCUT2D eigenvalue weighted by molar-refractivity contribution is 5.97. The number of rotatable bonds is 8. The molecule has 1 aromatic carbocycles. The van der Waals surface area contributed by atoms with Crippen LogP contribution in [0.2, 0.25) is 0 Å². The van der Waals surface area contributed by atoms with E-state index in [4.69, 9.17) is 19.9 Å². The van der Waals surface area contributed by atoms with Crippen molar-refractivity contribution in [2.24, 2.45) is 11.7 Å². The largest absolute Gasteiger partial charge is 0.493 e. The number of hydrogen-bond donors (Lipinski definition) is 2. The molecule has 0 heterocycles. The van der Waals surface area contributed by atoms with Crippen LogP contribution in [0.1, 0.15) is 31.1 Å². The average molecular weight is 366 g/mol. The minimum absolute atomic E-state index is 0.144. The second-order valence-electron chi connectivity index (χ2n) is 5.72. The predicted octanol–water partition coefficient (Wildman–Crippen LogP) is 1.04. The lowest BCUT2D eigenvalue weighted by Gasteiger charge is -2.20. The topological polar surface area (TPSA) is 134 Å². The van der Waals surface area contributed by atoms with Gasteiger partial charge in [0, 0.05) is 5.56 Å². The molecule has 26 heavy (non-hydrogen) atoms. The van der Waals surface area contributed by atoms with Crippen molar-refractivity contribution in [1.29, 1.82) is 0 Å². The number of hydrogen-bond acceptors (Lipinski definition) is 7. The summed E-state index contributed by atoms with van der Waals surface area (Å²) < 4.78 is 15.5. The molecule has 1 aromatic rings. The Balaban J connectivity index is 2.74. The first-order chi connectivity index (χ1) is 12.1. The molecule has 0 radical (unpaired) electrons. The zero-order valence-electron chi connectivity index (χ0n) is 15.0. The molecule has 0 saturated carbocycles. The van der Waals surface area contributed by atoms with Crippen LogP contribution in [0.25, 0.3) is 0 Å². The van der Waals surface area contributed by atoms with Crippen molar-refractivity contribution >= 4 is 23.7 Å². The molecule has 9 heteroatoms. The number of methoxy groups -OCH3 is 1. The number of ether oxygens (including phenoxy) is 3. The molecule has 9 nitrogen and oxygen atoms in total. The third-order valence-electron chi connectivity index (χ3n) is 3.28. The number of carbonyl (C=O) groups excluding carboxylic acids is 4. The Labute approximate surface area is 150 Å². The van der Waals surface area contributed by atoms with Gasteiger partial charge in [0.15, 0.2) is 30.0 Å². The second kappa shape index (κ2) is 9.40. The van der Waals surface area contributed by atoms with Gasteiger partial charge in [0.05, 0.1) is 7.11 Å². The molecular weight excluding hydrogens is 344 g/mol. The Bertz CT molecular complexity index is 700. The lowest BCUT2D eigenvalue weighted by molar-refractivity contribution is -0.160. The van der Waals surface area contributed by atoms with Crippen molar-refractivity contribution in [3.05, 3.63) is 23.8 Å². The molecule has 0 aliphatic carbocycles. The molecular formula is C17H22N2O7. The number of urea groups is 1. The first-order valence-corrected chi connectivity index (χ1v) is 7.77. The average Bonchev–Trinajstić information content (AvgIpc) is 2.56. The maximum Gasteiger partial charge on any atom is 0.344 e. The summed E-state index contributed by atoms with van der Waals surface area (Å²) >= 11 is 0. The van der Waals surface area contributed by atoms with E-state index in [9.17, 15) is 19.2 Å². The minimum atomic E-state index is -1.19. The fraction of sp³-hybridized carbons (Fsp3) is 0.412. The van der Waals surface area contributed by atoms with Gasteiger partial charge in [-0.1, -0.05) is 13.8 Å². The molecule has 1 rings (SSSR count). The highest BCUT2D eigenvalue weighted by Crippen LogP contribution is 2.28. The predicted molar refractivity (Wildman–Crippen MR) is 90.9 cm³/mol. The van der Waals surface area contributed by atoms with Crippen LogP contribution in [-0.2, 0) is 14.3 Å². The van der Waals surface area contributed by atoms with Crippen molar-refractivity contribution in [2.45, 2.75) is 26.9 Å². The maximum atomic E-state index is 12.0. The van der Waals surface area contributed by atoms with Crippen LogP contribution in [0.3, 0.4) is 0 Å². The van der Waals surface area contributed by atoms with Crippen LogP contribution < -0.4 is 20.5 Å². The Morgan fingerprint density at radius 3 is 2.31 bits per heavy atom. The highest BCUT2D eigenvalue weighted by atomic mass is 16.6. The summed E-state index contributed by atoms with van der Waals surface area (Å²) in [5, 5.41) is 1.87. The Kier molecular flexibility index (Phi) is 7.57. The SMILES string of the molecule is COc1cc(C(C)=O)ccc1OCC(=O)O[C@@H](C(=O)NC(N)=O)C(C)C. The van der Waals surface area contributed by atoms with Gasteiger partial charge < -0.3 is 19.9 Å². The first kappa shape index (κ1) is 20.9. The smallest absolute Gasteiger partial charge is 0.344 e. The monoisotopic (exact) mass is 366 g/mol. The summed E-state index contributed by atoms with van der Waals surface area (Å²) in [6.07, 6.45) is -1.19. The number of nitrogens with two attached hydrogens (primary N) is 1. The first-order valence-electron chi connectivity index (χ1n) is 7.77. The third kappa shape index (κ3) is 6.08. The van der Waals surface area contributed by atoms with Crippen molar-refractivity contribution in [3.63, 3.8) is 0 Å². The lowest BCUT2D eigenvalue weighted by atomic mass is 10.1.